The minimum absolute atomic E-state index is 0.142. The average Bonchev–Trinajstić information content (AvgIpc) is 2.91. The molecular formula is C17H16ClN3O2. The number of carbonyl (C=O) groups is 1. The fourth-order valence-electron chi connectivity index (χ4n) is 2.27. The number of anilines is 1. The molecule has 118 valence electrons. The Labute approximate surface area is 138 Å². The number of nitrogens with zero attached hydrogens (tertiary/aromatic N) is 2. The first-order chi connectivity index (χ1) is 11.1. The molecule has 0 spiro atoms. The molecule has 0 aliphatic carbocycles. The van der Waals surface area contributed by atoms with Crippen molar-refractivity contribution in [3.05, 3.63) is 59.4 Å². The van der Waals surface area contributed by atoms with E-state index in [0.29, 0.717) is 23.1 Å². The maximum absolute atomic E-state index is 12.1. The second-order valence-electron chi connectivity index (χ2n) is 5.28. The van der Waals surface area contributed by atoms with Gasteiger partial charge in [0.1, 0.15) is 5.52 Å². The van der Waals surface area contributed by atoms with E-state index in [0.717, 1.165) is 11.1 Å². The molecule has 0 bridgehead atoms. The molecule has 2 aromatic carbocycles. The van der Waals surface area contributed by atoms with Crippen molar-refractivity contribution in [2.45, 2.75) is 6.54 Å². The minimum Gasteiger partial charge on any atom is -0.439 e. The zero-order chi connectivity index (χ0) is 16.2. The van der Waals surface area contributed by atoms with E-state index in [1.807, 2.05) is 48.3 Å². The number of nitrogens with one attached hydrogen (secondary N) is 1. The Kier molecular flexibility index (Phi) is 4.60. The lowest BCUT2D eigenvalue weighted by molar-refractivity contribution is -0.117. The molecule has 0 aliphatic heterocycles. The topological polar surface area (TPSA) is 58.4 Å². The second-order valence-corrected chi connectivity index (χ2v) is 5.68. The van der Waals surface area contributed by atoms with Crippen LogP contribution in [-0.2, 0) is 11.3 Å². The van der Waals surface area contributed by atoms with Gasteiger partial charge in [0.2, 0.25) is 11.8 Å². The Hall–Kier alpha value is -2.37. The van der Waals surface area contributed by atoms with E-state index < -0.39 is 0 Å². The molecule has 5 nitrogen and oxygen atoms in total. The number of amides is 1. The van der Waals surface area contributed by atoms with Gasteiger partial charge in [0.15, 0.2) is 5.58 Å². The molecule has 0 fully saturated rings. The van der Waals surface area contributed by atoms with Crippen LogP contribution in [0.15, 0.2) is 52.9 Å². The van der Waals surface area contributed by atoms with Gasteiger partial charge in [-0.15, -0.1) is 0 Å². The van der Waals surface area contributed by atoms with Crippen LogP contribution < -0.4 is 5.32 Å². The summed E-state index contributed by atoms with van der Waals surface area (Å²) in [6.45, 7) is 0.661. The van der Waals surface area contributed by atoms with Gasteiger partial charge in [-0.1, -0.05) is 35.9 Å². The van der Waals surface area contributed by atoms with Crippen LogP contribution in [0, 0.1) is 0 Å². The summed E-state index contributed by atoms with van der Waals surface area (Å²) in [4.78, 5) is 18.3. The van der Waals surface area contributed by atoms with Gasteiger partial charge in [0.05, 0.1) is 23.8 Å². The van der Waals surface area contributed by atoms with Crippen LogP contribution in [0.5, 0.6) is 0 Å². The average molecular weight is 330 g/mol. The Bertz CT molecular complexity index is 798. The van der Waals surface area contributed by atoms with Gasteiger partial charge in [-0.3, -0.25) is 9.69 Å². The molecule has 0 atom stereocenters. The number of likely N-dealkylation sites (N-methyl/N-ethyl adjacent to an activating group) is 1. The summed E-state index contributed by atoms with van der Waals surface area (Å²) in [5.74, 6) is 0.441. The molecule has 1 amide bonds. The van der Waals surface area contributed by atoms with E-state index >= 15 is 0 Å². The third-order valence-electron chi connectivity index (χ3n) is 3.30. The van der Waals surface area contributed by atoms with Crippen molar-refractivity contribution < 1.29 is 9.21 Å². The molecule has 23 heavy (non-hydrogen) atoms. The minimum atomic E-state index is -0.142. The SMILES string of the molecule is CN(CC(=O)Nc1ccccc1Cl)Cc1nc2ccccc2o1. The van der Waals surface area contributed by atoms with Crippen LogP contribution in [0.1, 0.15) is 5.89 Å². The summed E-state index contributed by atoms with van der Waals surface area (Å²) in [6.07, 6.45) is 0. The molecular weight excluding hydrogens is 314 g/mol. The first-order valence-electron chi connectivity index (χ1n) is 7.19. The maximum Gasteiger partial charge on any atom is 0.238 e. The number of para-hydroxylation sites is 3. The highest BCUT2D eigenvalue weighted by Crippen LogP contribution is 2.20. The first kappa shape index (κ1) is 15.5. The van der Waals surface area contributed by atoms with E-state index in [2.05, 4.69) is 10.3 Å². The van der Waals surface area contributed by atoms with Gasteiger partial charge in [0.25, 0.3) is 0 Å². The van der Waals surface area contributed by atoms with Crippen LogP contribution in [0.25, 0.3) is 11.1 Å². The predicted octanol–water partition coefficient (Wildman–Crippen LogP) is 3.55. The number of halogens is 1. The maximum atomic E-state index is 12.1. The molecule has 0 saturated heterocycles. The molecule has 0 saturated carbocycles. The first-order valence-corrected chi connectivity index (χ1v) is 7.57. The number of carbonyl (C=O) groups excluding carboxylic acids is 1. The van der Waals surface area contributed by atoms with E-state index in [9.17, 15) is 4.79 Å². The molecule has 0 unspecified atom stereocenters. The highest BCUT2D eigenvalue weighted by Gasteiger charge is 2.12. The lowest BCUT2D eigenvalue weighted by Crippen LogP contribution is -2.30. The second kappa shape index (κ2) is 6.81. The van der Waals surface area contributed by atoms with Gasteiger partial charge in [-0.25, -0.2) is 4.98 Å². The van der Waals surface area contributed by atoms with E-state index in [1.165, 1.54) is 0 Å². The normalized spacial score (nSPS) is 11.1. The third-order valence-corrected chi connectivity index (χ3v) is 3.63. The van der Waals surface area contributed by atoms with Crippen molar-refractivity contribution >= 4 is 34.3 Å². The van der Waals surface area contributed by atoms with Crippen LogP contribution in [0.2, 0.25) is 5.02 Å². The summed E-state index contributed by atoms with van der Waals surface area (Å²) in [6, 6.07) is 14.7. The van der Waals surface area contributed by atoms with E-state index in [1.54, 1.807) is 12.1 Å². The monoisotopic (exact) mass is 329 g/mol. The van der Waals surface area contributed by atoms with Crippen molar-refractivity contribution in [3.8, 4) is 0 Å². The summed E-state index contributed by atoms with van der Waals surface area (Å²) in [7, 11) is 1.83. The highest BCUT2D eigenvalue weighted by molar-refractivity contribution is 6.33. The summed E-state index contributed by atoms with van der Waals surface area (Å²) in [5, 5.41) is 3.31. The van der Waals surface area contributed by atoms with Crippen LogP contribution in [0.3, 0.4) is 0 Å². The Morgan fingerprint density at radius 2 is 1.96 bits per heavy atom. The van der Waals surface area contributed by atoms with Crippen molar-refractivity contribution in [2.75, 3.05) is 18.9 Å². The molecule has 3 rings (SSSR count). The van der Waals surface area contributed by atoms with Gasteiger partial charge < -0.3 is 9.73 Å². The lowest BCUT2D eigenvalue weighted by atomic mass is 10.3. The smallest absolute Gasteiger partial charge is 0.238 e. The van der Waals surface area contributed by atoms with E-state index in [-0.39, 0.29) is 12.5 Å². The summed E-state index contributed by atoms with van der Waals surface area (Å²) in [5.41, 5.74) is 2.17. The van der Waals surface area contributed by atoms with Gasteiger partial charge in [-0.05, 0) is 31.3 Å². The molecule has 1 N–H and O–H groups in total. The number of hydrogen-bond donors (Lipinski definition) is 1. The largest absolute Gasteiger partial charge is 0.439 e. The fourth-order valence-corrected chi connectivity index (χ4v) is 2.45. The molecule has 6 heteroatoms. The molecule has 1 heterocycles. The van der Waals surface area contributed by atoms with Gasteiger partial charge >= 0.3 is 0 Å². The Morgan fingerprint density at radius 1 is 1.22 bits per heavy atom. The predicted molar refractivity (Wildman–Crippen MR) is 90.4 cm³/mol. The number of benzene rings is 2. The van der Waals surface area contributed by atoms with E-state index in [4.69, 9.17) is 16.0 Å². The number of fused-ring (bicyclic) bond motifs is 1. The number of oxazole rings is 1. The van der Waals surface area contributed by atoms with Crippen LogP contribution in [0.4, 0.5) is 5.69 Å². The lowest BCUT2D eigenvalue weighted by Gasteiger charge is -2.14. The molecule has 0 aliphatic rings. The number of rotatable bonds is 5. The number of hydrogen-bond acceptors (Lipinski definition) is 4. The third kappa shape index (κ3) is 3.88. The van der Waals surface area contributed by atoms with Crippen molar-refractivity contribution in [1.82, 2.24) is 9.88 Å². The Morgan fingerprint density at radius 3 is 2.74 bits per heavy atom. The molecule has 3 aromatic rings. The summed E-state index contributed by atoms with van der Waals surface area (Å²) < 4.78 is 5.65. The molecule has 0 radical (unpaired) electrons. The van der Waals surface area contributed by atoms with Crippen molar-refractivity contribution in [3.63, 3.8) is 0 Å². The zero-order valence-electron chi connectivity index (χ0n) is 12.6. The quantitative estimate of drug-likeness (QED) is 0.777. The van der Waals surface area contributed by atoms with Crippen LogP contribution in [-0.4, -0.2) is 29.4 Å². The standard InChI is InChI=1S/C17H16ClN3O2/c1-21(10-16(22)19-13-7-3-2-6-12(13)18)11-17-20-14-8-4-5-9-15(14)23-17/h2-9H,10-11H2,1H3,(H,19,22). The number of aromatic nitrogens is 1. The van der Waals surface area contributed by atoms with Crippen molar-refractivity contribution in [1.29, 1.82) is 0 Å². The zero-order valence-corrected chi connectivity index (χ0v) is 13.4. The molecule has 1 aromatic heterocycles. The van der Waals surface area contributed by atoms with Gasteiger partial charge in [-0.2, -0.15) is 0 Å². The van der Waals surface area contributed by atoms with Crippen molar-refractivity contribution in [2.24, 2.45) is 0 Å². The fraction of sp³-hybridized carbons (Fsp3) is 0.176. The van der Waals surface area contributed by atoms with Crippen LogP contribution >= 0.6 is 11.6 Å². The highest BCUT2D eigenvalue weighted by atomic mass is 35.5. The Balaban J connectivity index is 1.59. The summed E-state index contributed by atoms with van der Waals surface area (Å²) >= 11 is 6.03. The van der Waals surface area contributed by atoms with Gasteiger partial charge in [0, 0.05) is 0 Å².